The Morgan fingerprint density at radius 1 is 1.47 bits per heavy atom. The second-order valence-corrected chi connectivity index (χ2v) is 4.43. The summed E-state index contributed by atoms with van der Waals surface area (Å²) in [6.07, 6.45) is 5.67. The molecule has 5 nitrogen and oxygen atoms in total. The SMILES string of the molecule is CC(N)CCCNc1nccc2c1ncn2C. The highest BCUT2D eigenvalue weighted by Gasteiger charge is 2.05. The first-order chi connectivity index (χ1) is 8.18. The van der Waals surface area contributed by atoms with E-state index >= 15 is 0 Å². The summed E-state index contributed by atoms with van der Waals surface area (Å²) in [6.45, 7) is 2.90. The second-order valence-electron chi connectivity index (χ2n) is 4.43. The van der Waals surface area contributed by atoms with E-state index in [-0.39, 0.29) is 6.04 Å². The molecule has 2 rings (SSSR count). The summed E-state index contributed by atoms with van der Waals surface area (Å²) in [4.78, 5) is 8.66. The van der Waals surface area contributed by atoms with E-state index in [1.807, 2.05) is 24.6 Å². The fourth-order valence-electron chi connectivity index (χ4n) is 1.82. The Balaban J connectivity index is 2.03. The lowest BCUT2D eigenvalue weighted by Gasteiger charge is -2.07. The van der Waals surface area contributed by atoms with Crippen LogP contribution in [0.1, 0.15) is 19.8 Å². The molecule has 2 heterocycles. The second kappa shape index (κ2) is 5.14. The number of rotatable bonds is 5. The lowest BCUT2D eigenvalue weighted by atomic mass is 10.2. The van der Waals surface area contributed by atoms with Gasteiger partial charge in [0.2, 0.25) is 0 Å². The molecule has 92 valence electrons. The first-order valence-electron chi connectivity index (χ1n) is 5.94. The van der Waals surface area contributed by atoms with Gasteiger partial charge in [0.15, 0.2) is 5.82 Å². The maximum absolute atomic E-state index is 5.71. The van der Waals surface area contributed by atoms with Crippen molar-refractivity contribution in [3.8, 4) is 0 Å². The molecule has 1 unspecified atom stereocenters. The van der Waals surface area contributed by atoms with Gasteiger partial charge in [0.1, 0.15) is 5.52 Å². The van der Waals surface area contributed by atoms with Crippen molar-refractivity contribution in [1.29, 1.82) is 0 Å². The molecule has 2 aromatic rings. The van der Waals surface area contributed by atoms with Gasteiger partial charge in [-0.2, -0.15) is 0 Å². The quantitative estimate of drug-likeness (QED) is 0.768. The Hall–Kier alpha value is -1.62. The molecule has 0 fully saturated rings. The molecular weight excluding hydrogens is 214 g/mol. The third kappa shape index (κ3) is 2.74. The van der Waals surface area contributed by atoms with Crippen LogP contribution in [-0.2, 0) is 7.05 Å². The number of aromatic nitrogens is 3. The average molecular weight is 233 g/mol. The molecule has 0 spiro atoms. The first-order valence-corrected chi connectivity index (χ1v) is 5.94. The molecule has 3 N–H and O–H groups in total. The number of nitrogens with one attached hydrogen (secondary N) is 1. The van der Waals surface area contributed by atoms with E-state index in [2.05, 4.69) is 15.3 Å². The Bertz CT molecular complexity index is 489. The van der Waals surface area contributed by atoms with E-state index in [9.17, 15) is 0 Å². The van der Waals surface area contributed by atoms with Crippen molar-refractivity contribution in [2.75, 3.05) is 11.9 Å². The third-order valence-electron chi connectivity index (χ3n) is 2.77. The van der Waals surface area contributed by atoms with Gasteiger partial charge in [-0.1, -0.05) is 0 Å². The zero-order valence-corrected chi connectivity index (χ0v) is 10.3. The Labute approximate surface area is 101 Å². The van der Waals surface area contributed by atoms with E-state index in [1.165, 1.54) is 0 Å². The van der Waals surface area contributed by atoms with Gasteiger partial charge in [-0.3, -0.25) is 0 Å². The summed E-state index contributed by atoms with van der Waals surface area (Å²) in [7, 11) is 1.98. The van der Waals surface area contributed by atoms with E-state index in [4.69, 9.17) is 5.73 Å². The summed E-state index contributed by atoms with van der Waals surface area (Å²) in [5, 5.41) is 3.31. The summed E-state index contributed by atoms with van der Waals surface area (Å²) < 4.78 is 1.99. The number of aryl methyl sites for hydroxylation is 1. The third-order valence-corrected chi connectivity index (χ3v) is 2.77. The summed E-state index contributed by atoms with van der Waals surface area (Å²) in [5.74, 6) is 0.854. The van der Waals surface area contributed by atoms with Gasteiger partial charge in [0.05, 0.1) is 11.8 Å². The Kier molecular flexibility index (Phi) is 3.58. The van der Waals surface area contributed by atoms with Crippen LogP contribution in [0.2, 0.25) is 0 Å². The topological polar surface area (TPSA) is 68.8 Å². The standard InChI is InChI=1S/C12H19N5/c1-9(13)4-3-6-14-12-11-10(5-7-15-12)17(2)8-16-11/h5,7-9H,3-4,6,13H2,1-2H3,(H,14,15). The maximum atomic E-state index is 5.71. The molecule has 0 aromatic carbocycles. The molecule has 0 aliphatic heterocycles. The molecule has 5 heteroatoms. The number of nitrogens with two attached hydrogens (primary N) is 1. The van der Waals surface area contributed by atoms with Crippen molar-refractivity contribution < 1.29 is 0 Å². The number of hydrogen-bond donors (Lipinski definition) is 2. The number of fused-ring (bicyclic) bond motifs is 1. The Morgan fingerprint density at radius 2 is 2.29 bits per heavy atom. The first kappa shape index (κ1) is 11.9. The molecule has 17 heavy (non-hydrogen) atoms. The van der Waals surface area contributed by atoms with Crippen LogP contribution in [0.4, 0.5) is 5.82 Å². The molecular formula is C12H19N5. The summed E-state index contributed by atoms with van der Waals surface area (Å²) >= 11 is 0. The van der Waals surface area contributed by atoms with Crippen LogP contribution in [0.3, 0.4) is 0 Å². The predicted octanol–water partition coefficient (Wildman–Crippen LogP) is 1.51. The average Bonchev–Trinajstić information content (AvgIpc) is 2.67. The number of hydrogen-bond acceptors (Lipinski definition) is 4. The van der Waals surface area contributed by atoms with Gasteiger partial charge in [-0.25, -0.2) is 9.97 Å². The van der Waals surface area contributed by atoms with Crippen molar-refractivity contribution >= 4 is 16.9 Å². The summed E-state index contributed by atoms with van der Waals surface area (Å²) in [5.41, 5.74) is 7.73. The molecule has 0 aliphatic rings. The number of anilines is 1. The van der Waals surface area contributed by atoms with E-state index < -0.39 is 0 Å². The highest BCUT2D eigenvalue weighted by Crippen LogP contribution is 2.18. The minimum absolute atomic E-state index is 0.260. The normalized spacial score (nSPS) is 12.9. The largest absolute Gasteiger partial charge is 0.368 e. The number of imidazole rings is 1. The number of nitrogens with zero attached hydrogens (tertiary/aromatic N) is 3. The van der Waals surface area contributed by atoms with Crippen LogP contribution in [0, 0.1) is 0 Å². The summed E-state index contributed by atoms with van der Waals surface area (Å²) in [6, 6.07) is 2.23. The molecule has 0 radical (unpaired) electrons. The van der Waals surface area contributed by atoms with Crippen LogP contribution in [0.15, 0.2) is 18.6 Å². The van der Waals surface area contributed by atoms with Gasteiger partial charge in [-0.05, 0) is 25.8 Å². The zero-order valence-electron chi connectivity index (χ0n) is 10.3. The van der Waals surface area contributed by atoms with E-state index in [0.717, 1.165) is 36.2 Å². The van der Waals surface area contributed by atoms with Crippen molar-refractivity contribution in [3.05, 3.63) is 18.6 Å². The van der Waals surface area contributed by atoms with E-state index in [0.29, 0.717) is 0 Å². The fraction of sp³-hybridized carbons (Fsp3) is 0.500. The van der Waals surface area contributed by atoms with Crippen molar-refractivity contribution in [1.82, 2.24) is 14.5 Å². The van der Waals surface area contributed by atoms with Crippen molar-refractivity contribution in [2.45, 2.75) is 25.8 Å². The minimum Gasteiger partial charge on any atom is -0.368 e. The van der Waals surface area contributed by atoms with E-state index in [1.54, 1.807) is 12.5 Å². The predicted molar refractivity (Wildman–Crippen MR) is 69.9 cm³/mol. The van der Waals surface area contributed by atoms with Crippen molar-refractivity contribution in [2.24, 2.45) is 12.8 Å². The molecule has 2 aromatic heterocycles. The van der Waals surface area contributed by atoms with Gasteiger partial charge in [0.25, 0.3) is 0 Å². The van der Waals surface area contributed by atoms with Gasteiger partial charge in [-0.15, -0.1) is 0 Å². The lowest BCUT2D eigenvalue weighted by Crippen LogP contribution is -2.16. The van der Waals surface area contributed by atoms with Gasteiger partial charge in [0, 0.05) is 25.8 Å². The lowest BCUT2D eigenvalue weighted by molar-refractivity contribution is 0.639. The van der Waals surface area contributed by atoms with Gasteiger partial charge >= 0.3 is 0 Å². The van der Waals surface area contributed by atoms with Crippen molar-refractivity contribution in [3.63, 3.8) is 0 Å². The smallest absolute Gasteiger partial charge is 0.154 e. The number of pyridine rings is 1. The molecule has 0 bridgehead atoms. The minimum atomic E-state index is 0.260. The Morgan fingerprint density at radius 3 is 3.06 bits per heavy atom. The highest BCUT2D eigenvalue weighted by molar-refractivity contribution is 5.85. The van der Waals surface area contributed by atoms with Crippen LogP contribution >= 0.6 is 0 Å². The maximum Gasteiger partial charge on any atom is 0.154 e. The molecule has 0 aliphatic carbocycles. The van der Waals surface area contributed by atoms with Gasteiger partial charge < -0.3 is 15.6 Å². The van der Waals surface area contributed by atoms with Crippen LogP contribution < -0.4 is 11.1 Å². The highest BCUT2D eigenvalue weighted by atomic mass is 15.1. The molecule has 0 saturated carbocycles. The molecule has 0 amide bonds. The molecule has 0 saturated heterocycles. The fourth-order valence-corrected chi connectivity index (χ4v) is 1.82. The molecule has 1 atom stereocenters. The zero-order chi connectivity index (χ0) is 12.3. The monoisotopic (exact) mass is 233 g/mol. The van der Waals surface area contributed by atoms with Crippen LogP contribution in [-0.4, -0.2) is 27.1 Å². The van der Waals surface area contributed by atoms with Crippen LogP contribution in [0.25, 0.3) is 11.0 Å². The van der Waals surface area contributed by atoms with Crippen LogP contribution in [0.5, 0.6) is 0 Å².